The summed E-state index contributed by atoms with van der Waals surface area (Å²) in [7, 11) is 0. The Labute approximate surface area is 117 Å². The van der Waals surface area contributed by atoms with Crippen LogP contribution < -0.4 is 0 Å². The predicted molar refractivity (Wildman–Crippen MR) is 72.0 cm³/mol. The van der Waals surface area contributed by atoms with Gasteiger partial charge in [0.2, 0.25) is 0 Å². The number of rotatable bonds is 8. The quantitative estimate of drug-likeness (QED) is 0.418. The second-order valence-corrected chi connectivity index (χ2v) is 4.57. The van der Waals surface area contributed by atoms with Gasteiger partial charge >= 0.3 is 5.97 Å². The zero-order chi connectivity index (χ0) is 15.0. The molecule has 0 saturated carbocycles. The van der Waals surface area contributed by atoms with Crippen LogP contribution in [-0.4, -0.2) is 31.1 Å². The van der Waals surface area contributed by atoms with Gasteiger partial charge in [-0.1, -0.05) is 0 Å². The maximum atomic E-state index is 12.7. The molecule has 0 atom stereocenters. The molecule has 4 nitrogen and oxygen atoms in total. The summed E-state index contributed by atoms with van der Waals surface area (Å²) in [6.45, 7) is 4.31. The van der Waals surface area contributed by atoms with E-state index in [1.54, 1.807) is 0 Å². The van der Waals surface area contributed by atoms with Crippen molar-refractivity contribution < 1.29 is 23.5 Å². The molecular formula is C15H19FO4. The highest BCUT2D eigenvalue weighted by Crippen LogP contribution is 2.07. The number of ether oxygens (including phenoxy) is 2. The van der Waals surface area contributed by atoms with Crippen LogP contribution >= 0.6 is 0 Å². The fourth-order valence-corrected chi connectivity index (χ4v) is 1.51. The van der Waals surface area contributed by atoms with Crippen molar-refractivity contribution in [3.63, 3.8) is 0 Å². The number of benzene rings is 1. The molecule has 0 unspecified atom stereocenters. The fourth-order valence-electron chi connectivity index (χ4n) is 1.51. The van der Waals surface area contributed by atoms with Crippen LogP contribution in [0.5, 0.6) is 0 Å². The second kappa shape index (κ2) is 8.43. The first kappa shape index (κ1) is 16.3. The van der Waals surface area contributed by atoms with Crippen molar-refractivity contribution in [2.24, 2.45) is 0 Å². The van der Waals surface area contributed by atoms with Crippen molar-refractivity contribution in [1.82, 2.24) is 0 Å². The molecule has 0 amide bonds. The fraction of sp³-hybridized carbons (Fsp3) is 0.467. The average Bonchev–Trinajstić information content (AvgIpc) is 2.41. The Hall–Kier alpha value is -1.75. The molecule has 0 N–H and O–H groups in total. The number of carbonyl (C=O) groups is 2. The van der Waals surface area contributed by atoms with E-state index in [4.69, 9.17) is 9.47 Å². The van der Waals surface area contributed by atoms with E-state index < -0.39 is 11.8 Å². The van der Waals surface area contributed by atoms with Crippen LogP contribution in [0.1, 0.15) is 37.0 Å². The third kappa shape index (κ3) is 6.43. The molecule has 110 valence electrons. The normalized spacial score (nSPS) is 10.6. The van der Waals surface area contributed by atoms with Crippen LogP contribution in [0.25, 0.3) is 0 Å². The van der Waals surface area contributed by atoms with E-state index in [1.807, 2.05) is 13.8 Å². The zero-order valence-electron chi connectivity index (χ0n) is 11.7. The number of halogens is 1. The summed E-state index contributed by atoms with van der Waals surface area (Å²) in [6.07, 6.45) is 0.154. The first-order valence-electron chi connectivity index (χ1n) is 6.55. The number of hydrogen-bond acceptors (Lipinski definition) is 4. The highest BCUT2D eigenvalue weighted by atomic mass is 19.1. The first-order valence-corrected chi connectivity index (χ1v) is 6.55. The van der Waals surface area contributed by atoms with Crippen molar-refractivity contribution >= 4 is 11.8 Å². The van der Waals surface area contributed by atoms with Crippen molar-refractivity contribution in [1.29, 1.82) is 0 Å². The monoisotopic (exact) mass is 282 g/mol. The minimum absolute atomic E-state index is 0.0118. The van der Waals surface area contributed by atoms with Crippen LogP contribution in [0.2, 0.25) is 0 Å². The Morgan fingerprint density at radius 3 is 2.35 bits per heavy atom. The number of hydrogen-bond donors (Lipinski definition) is 0. The van der Waals surface area contributed by atoms with Gasteiger partial charge in [-0.15, -0.1) is 0 Å². The van der Waals surface area contributed by atoms with Crippen molar-refractivity contribution in [3.8, 4) is 0 Å². The topological polar surface area (TPSA) is 52.6 Å². The molecule has 0 radical (unpaired) electrons. The van der Waals surface area contributed by atoms with Crippen LogP contribution in [0.3, 0.4) is 0 Å². The summed E-state index contributed by atoms with van der Waals surface area (Å²) in [5.41, 5.74) is 0.391. The van der Waals surface area contributed by atoms with Gasteiger partial charge in [-0.2, -0.15) is 0 Å². The number of Topliss-reactive ketones (excluding diaryl/α,β-unsaturated/α-hetero) is 1. The largest absolute Gasteiger partial charge is 0.463 e. The SMILES string of the molecule is CC(C)OCCOC(=O)CCC(=O)c1ccc(F)cc1. The predicted octanol–water partition coefficient (Wildman–Crippen LogP) is 2.76. The van der Waals surface area contributed by atoms with Gasteiger partial charge in [-0.3, -0.25) is 9.59 Å². The summed E-state index contributed by atoms with van der Waals surface area (Å²) in [5.74, 6) is -1.04. The molecule has 0 aromatic heterocycles. The van der Waals surface area contributed by atoms with Gasteiger partial charge in [0.25, 0.3) is 0 Å². The van der Waals surface area contributed by atoms with Gasteiger partial charge in [0.05, 0.1) is 19.1 Å². The molecule has 5 heteroatoms. The summed E-state index contributed by atoms with van der Waals surface area (Å²) in [5, 5.41) is 0. The molecule has 0 aliphatic rings. The van der Waals surface area contributed by atoms with Crippen molar-refractivity contribution in [3.05, 3.63) is 35.6 Å². The molecule has 0 fully saturated rings. The molecule has 0 aliphatic heterocycles. The molecular weight excluding hydrogens is 263 g/mol. The van der Waals surface area contributed by atoms with Gasteiger partial charge in [0.1, 0.15) is 12.4 Å². The van der Waals surface area contributed by atoms with E-state index in [0.717, 1.165) is 0 Å². The van der Waals surface area contributed by atoms with E-state index in [-0.39, 0.29) is 31.3 Å². The van der Waals surface area contributed by atoms with E-state index >= 15 is 0 Å². The Balaban J connectivity index is 2.23. The molecule has 0 saturated heterocycles. The summed E-state index contributed by atoms with van der Waals surface area (Å²) in [4.78, 5) is 23.1. The van der Waals surface area contributed by atoms with Gasteiger partial charge in [-0.05, 0) is 38.1 Å². The molecule has 0 spiro atoms. The van der Waals surface area contributed by atoms with E-state index in [0.29, 0.717) is 12.2 Å². The molecule has 0 bridgehead atoms. The third-order valence-corrected chi connectivity index (χ3v) is 2.52. The Bertz CT molecular complexity index is 440. The highest BCUT2D eigenvalue weighted by molar-refractivity contribution is 5.97. The molecule has 0 heterocycles. The maximum absolute atomic E-state index is 12.7. The van der Waals surface area contributed by atoms with Gasteiger partial charge in [-0.25, -0.2) is 4.39 Å². The average molecular weight is 282 g/mol. The van der Waals surface area contributed by atoms with Crippen molar-refractivity contribution in [2.75, 3.05) is 13.2 Å². The van der Waals surface area contributed by atoms with Crippen LogP contribution in [0.15, 0.2) is 24.3 Å². The molecule has 20 heavy (non-hydrogen) atoms. The smallest absolute Gasteiger partial charge is 0.306 e. The maximum Gasteiger partial charge on any atom is 0.306 e. The zero-order valence-corrected chi connectivity index (χ0v) is 11.7. The summed E-state index contributed by atoms with van der Waals surface area (Å²) in [6, 6.07) is 5.24. The number of esters is 1. The van der Waals surface area contributed by atoms with Crippen LogP contribution in [0, 0.1) is 5.82 Å². The van der Waals surface area contributed by atoms with Crippen LogP contribution in [0.4, 0.5) is 4.39 Å². The minimum Gasteiger partial charge on any atom is -0.463 e. The molecule has 0 aliphatic carbocycles. The first-order chi connectivity index (χ1) is 9.49. The van der Waals surface area contributed by atoms with Gasteiger partial charge in [0.15, 0.2) is 5.78 Å². The molecule has 1 rings (SSSR count). The van der Waals surface area contributed by atoms with Crippen molar-refractivity contribution in [2.45, 2.75) is 32.8 Å². The van der Waals surface area contributed by atoms with E-state index in [2.05, 4.69) is 0 Å². The van der Waals surface area contributed by atoms with Crippen LogP contribution in [-0.2, 0) is 14.3 Å². The van der Waals surface area contributed by atoms with Gasteiger partial charge < -0.3 is 9.47 Å². The number of ketones is 1. The van der Waals surface area contributed by atoms with E-state index in [1.165, 1.54) is 24.3 Å². The standard InChI is InChI=1S/C15H19FO4/c1-11(2)19-9-10-20-15(18)8-7-14(17)12-3-5-13(16)6-4-12/h3-6,11H,7-10H2,1-2H3. The lowest BCUT2D eigenvalue weighted by Crippen LogP contribution is -2.14. The third-order valence-electron chi connectivity index (χ3n) is 2.52. The molecule has 1 aromatic carbocycles. The minimum atomic E-state index is -0.437. The lowest BCUT2D eigenvalue weighted by Gasteiger charge is -2.08. The Morgan fingerprint density at radius 1 is 1.10 bits per heavy atom. The highest BCUT2D eigenvalue weighted by Gasteiger charge is 2.10. The molecule has 1 aromatic rings. The lowest BCUT2D eigenvalue weighted by atomic mass is 10.1. The Morgan fingerprint density at radius 2 is 1.75 bits per heavy atom. The second-order valence-electron chi connectivity index (χ2n) is 4.57. The van der Waals surface area contributed by atoms with Gasteiger partial charge in [0, 0.05) is 12.0 Å². The number of carbonyl (C=O) groups excluding carboxylic acids is 2. The summed E-state index contributed by atoms with van der Waals surface area (Å²) < 4.78 is 22.8. The Kier molecular flexibility index (Phi) is 6.87. The lowest BCUT2D eigenvalue weighted by molar-refractivity contribution is -0.145. The van der Waals surface area contributed by atoms with E-state index in [9.17, 15) is 14.0 Å². The summed E-state index contributed by atoms with van der Waals surface area (Å²) >= 11 is 0.